The molecule has 1 atom stereocenters. The number of hydrogen-bond acceptors (Lipinski definition) is 3. The fourth-order valence-electron chi connectivity index (χ4n) is 2.60. The zero-order valence-electron chi connectivity index (χ0n) is 13.1. The fraction of sp³-hybridized carbons (Fsp3) is 0.375. The van der Waals surface area contributed by atoms with Crippen LogP contribution in [0.1, 0.15) is 30.0 Å². The quantitative estimate of drug-likeness (QED) is 0.742. The maximum Gasteiger partial charge on any atom is 0.142 e. The van der Waals surface area contributed by atoms with E-state index in [0.29, 0.717) is 0 Å². The second-order valence-electron chi connectivity index (χ2n) is 5.44. The molecule has 110 valence electrons. The highest BCUT2D eigenvalue weighted by atomic mass is 16.5. The van der Waals surface area contributed by atoms with Gasteiger partial charge in [-0.1, -0.05) is 0 Å². The van der Waals surface area contributed by atoms with E-state index in [-0.39, 0.29) is 6.10 Å². The Morgan fingerprint density at radius 2 is 2.00 bits per heavy atom. The van der Waals surface area contributed by atoms with Gasteiger partial charge in [0, 0.05) is 48.9 Å². The highest BCUT2D eigenvalue weighted by Gasteiger charge is 2.15. The number of hydrogen-bond donors (Lipinski definition) is 0. The lowest BCUT2D eigenvalue weighted by Crippen LogP contribution is -2.01. The minimum atomic E-state index is -0.00812. The van der Waals surface area contributed by atoms with E-state index in [2.05, 4.69) is 33.7 Å². The molecule has 0 saturated carbocycles. The summed E-state index contributed by atoms with van der Waals surface area (Å²) in [7, 11) is 3.68. The zero-order chi connectivity index (χ0) is 15.1. The van der Waals surface area contributed by atoms with Gasteiger partial charge in [0.2, 0.25) is 0 Å². The predicted molar refractivity (Wildman–Crippen MR) is 82.3 cm³/mol. The number of rotatable bonds is 3. The highest BCUT2D eigenvalue weighted by Crippen LogP contribution is 2.29. The molecule has 0 fully saturated rings. The lowest BCUT2D eigenvalue weighted by atomic mass is 10.0. The van der Waals surface area contributed by atoms with Crippen LogP contribution < -0.4 is 0 Å². The van der Waals surface area contributed by atoms with Gasteiger partial charge in [0.1, 0.15) is 5.65 Å². The van der Waals surface area contributed by atoms with Crippen molar-refractivity contribution >= 4 is 5.65 Å². The van der Waals surface area contributed by atoms with E-state index in [4.69, 9.17) is 4.74 Å². The van der Waals surface area contributed by atoms with Gasteiger partial charge in [-0.2, -0.15) is 5.10 Å². The van der Waals surface area contributed by atoms with Crippen LogP contribution in [0.5, 0.6) is 0 Å². The lowest BCUT2D eigenvalue weighted by molar-refractivity contribution is 0.120. The Labute approximate surface area is 124 Å². The maximum absolute atomic E-state index is 5.51. The largest absolute Gasteiger partial charge is 0.377 e. The van der Waals surface area contributed by atoms with Crippen molar-refractivity contribution in [2.45, 2.75) is 26.9 Å². The Morgan fingerprint density at radius 3 is 2.62 bits per heavy atom. The summed E-state index contributed by atoms with van der Waals surface area (Å²) in [5, 5.41) is 4.33. The molecule has 0 aliphatic carbocycles. The Kier molecular flexibility index (Phi) is 3.29. The standard InChI is InChI=1S/C16H20N4O/c1-10-8-20-9-13(15-7-17-19(4)11(15)2)6-14(12(3)21-5)16(20)18-10/h6-9,12H,1-5H3/t12-/m1/s1. The number of aryl methyl sites for hydroxylation is 2. The summed E-state index contributed by atoms with van der Waals surface area (Å²) in [6.07, 6.45) is 6.04. The first-order valence-electron chi connectivity index (χ1n) is 7.02. The summed E-state index contributed by atoms with van der Waals surface area (Å²) in [6.45, 7) is 6.12. The molecule has 0 N–H and O–H groups in total. The second kappa shape index (κ2) is 5.00. The van der Waals surface area contributed by atoms with Gasteiger partial charge < -0.3 is 9.14 Å². The SMILES string of the molecule is CO[C@H](C)c1cc(-c2cnn(C)c2C)cn2cc(C)nc12. The van der Waals surface area contributed by atoms with Crippen molar-refractivity contribution in [1.29, 1.82) is 0 Å². The average molecular weight is 284 g/mol. The molecule has 0 spiro atoms. The molecule has 0 unspecified atom stereocenters. The summed E-state index contributed by atoms with van der Waals surface area (Å²) in [6, 6.07) is 2.15. The van der Waals surface area contributed by atoms with Crippen LogP contribution in [0, 0.1) is 13.8 Å². The van der Waals surface area contributed by atoms with Crippen molar-refractivity contribution in [2.24, 2.45) is 7.05 Å². The van der Waals surface area contributed by atoms with Gasteiger partial charge in [-0.25, -0.2) is 4.98 Å². The number of methoxy groups -OCH3 is 1. The molecule has 5 heteroatoms. The van der Waals surface area contributed by atoms with Crippen LogP contribution in [0.2, 0.25) is 0 Å². The number of aromatic nitrogens is 4. The summed E-state index contributed by atoms with van der Waals surface area (Å²) < 4.78 is 9.46. The van der Waals surface area contributed by atoms with E-state index in [1.54, 1.807) is 7.11 Å². The van der Waals surface area contributed by atoms with Crippen LogP contribution in [-0.2, 0) is 11.8 Å². The Balaban J connectivity index is 2.27. The number of pyridine rings is 1. The second-order valence-corrected chi connectivity index (χ2v) is 5.44. The van der Waals surface area contributed by atoms with Crippen LogP contribution >= 0.6 is 0 Å². The highest BCUT2D eigenvalue weighted by molar-refractivity contribution is 5.69. The van der Waals surface area contributed by atoms with Crippen LogP contribution in [0.15, 0.2) is 24.7 Å². The summed E-state index contributed by atoms with van der Waals surface area (Å²) in [5.74, 6) is 0. The first kappa shape index (κ1) is 13.8. The van der Waals surface area contributed by atoms with Crippen molar-refractivity contribution < 1.29 is 4.74 Å². The number of nitrogens with zero attached hydrogens (tertiary/aromatic N) is 4. The molecule has 21 heavy (non-hydrogen) atoms. The predicted octanol–water partition coefficient (Wildman–Crippen LogP) is 3.06. The van der Waals surface area contributed by atoms with Gasteiger partial charge in [0.15, 0.2) is 0 Å². The third-order valence-corrected chi connectivity index (χ3v) is 4.04. The summed E-state index contributed by atoms with van der Waals surface area (Å²) in [5.41, 5.74) is 6.44. The Bertz CT molecular complexity index is 800. The van der Waals surface area contributed by atoms with E-state index in [0.717, 1.165) is 33.7 Å². The molecule has 0 aliphatic rings. The molecular formula is C16H20N4O. The third kappa shape index (κ3) is 2.23. The normalized spacial score (nSPS) is 13.0. The molecule has 0 saturated heterocycles. The van der Waals surface area contributed by atoms with Gasteiger partial charge >= 0.3 is 0 Å². The van der Waals surface area contributed by atoms with E-state index in [1.165, 1.54) is 0 Å². The van der Waals surface area contributed by atoms with E-state index in [1.807, 2.05) is 38.0 Å². The first-order valence-corrected chi connectivity index (χ1v) is 7.02. The average Bonchev–Trinajstić information content (AvgIpc) is 2.99. The van der Waals surface area contributed by atoms with Crippen LogP contribution in [0.25, 0.3) is 16.8 Å². The molecule has 3 aromatic heterocycles. The molecule has 0 aliphatic heterocycles. The van der Waals surface area contributed by atoms with E-state index in [9.17, 15) is 0 Å². The van der Waals surface area contributed by atoms with Crippen molar-refractivity contribution in [3.8, 4) is 11.1 Å². The van der Waals surface area contributed by atoms with Crippen LogP contribution in [-0.4, -0.2) is 26.3 Å². The maximum atomic E-state index is 5.51. The lowest BCUT2D eigenvalue weighted by Gasteiger charge is -2.13. The molecule has 0 bridgehead atoms. The molecule has 3 aromatic rings. The first-order chi connectivity index (χ1) is 10.0. The number of ether oxygens (including phenoxy) is 1. The summed E-state index contributed by atoms with van der Waals surface area (Å²) in [4.78, 5) is 4.61. The third-order valence-electron chi connectivity index (χ3n) is 4.04. The molecule has 3 rings (SSSR count). The van der Waals surface area contributed by atoms with Crippen LogP contribution in [0.4, 0.5) is 0 Å². The molecule has 3 heterocycles. The fourth-order valence-corrected chi connectivity index (χ4v) is 2.60. The van der Waals surface area contributed by atoms with Gasteiger partial charge in [0.25, 0.3) is 0 Å². The minimum absolute atomic E-state index is 0.00812. The van der Waals surface area contributed by atoms with Crippen LogP contribution in [0.3, 0.4) is 0 Å². The van der Waals surface area contributed by atoms with Gasteiger partial charge in [-0.05, 0) is 26.8 Å². The topological polar surface area (TPSA) is 44.4 Å². The molecule has 5 nitrogen and oxygen atoms in total. The van der Waals surface area contributed by atoms with Gasteiger partial charge in [0.05, 0.1) is 18.0 Å². The number of fused-ring (bicyclic) bond motifs is 1. The minimum Gasteiger partial charge on any atom is -0.377 e. The molecule has 0 amide bonds. The van der Waals surface area contributed by atoms with Crippen molar-refractivity contribution in [1.82, 2.24) is 19.2 Å². The van der Waals surface area contributed by atoms with E-state index >= 15 is 0 Å². The summed E-state index contributed by atoms with van der Waals surface area (Å²) >= 11 is 0. The van der Waals surface area contributed by atoms with Gasteiger partial charge in [-0.15, -0.1) is 0 Å². The smallest absolute Gasteiger partial charge is 0.142 e. The molecule has 0 radical (unpaired) electrons. The Morgan fingerprint density at radius 1 is 1.24 bits per heavy atom. The monoisotopic (exact) mass is 284 g/mol. The molecule has 0 aromatic carbocycles. The Hall–Kier alpha value is -2.14. The zero-order valence-corrected chi connectivity index (χ0v) is 13.1. The van der Waals surface area contributed by atoms with Crippen molar-refractivity contribution in [3.63, 3.8) is 0 Å². The number of imidazole rings is 1. The molecular weight excluding hydrogens is 264 g/mol. The van der Waals surface area contributed by atoms with E-state index < -0.39 is 0 Å². The van der Waals surface area contributed by atoms with Crippen molar-refractivity contribution in [2.75, 3.05) is 7.11 Å². The van der Waals surface area contributed by atoms with Gasteiger partial charge in [-0.3, -0.25) is 4.68 Å². The van der Waals surface area contributed by atoms with Crippen molar-refractivity contribution in [3.05, 3.63) is 41.6 Å².